The maximum atomic E-state index is 12.6. The lowest BCUT2D eigenvalue weighted by Gasteiger charge is -2.29. The van der Waals surface area contributed by atoms with Crippen LogP contribution in [0.15, 0.2) is 57.5 Å². The first-order chi connectivity index (χ1) is 13.9. The molecule has 146 valence electrons. The van der Waals surface area contributed by atoms with Crippen LogP contribution in [0.2, 0.25) is 0 Å². The summed E-state index contributed by atoms with van der Waals surface area (Å²) >= 11 is 0. The van der Waals surface area contributed by atoms with E-state index in [-0.39, 0.29) is 22.9 Å². The van der Waals surface area contributed by atoms with Crippen molar-refractivity contribution in [3.63, 3.8) is 0 Å². The van der Waals surface area contributed by atoms with Crippen molar-refractivity contribution < 1.29 is 18.9 Å². The van der Waals surface area contributed by atoms with E-state index in [0.29, 0.717) is 53.2 Å². The summed E-state index contributed by atoms with van der Waals surface area (Å²) in [6.07, 6.45) is 1.60. The number of Topliss-reactive ketones (excluding diaryl/α,β-unsaturated/α-hetero) is 1. The molecule has 0 amide bonds. The van der Waals surface area contributed by atoms with Crippen LogP contribution < -0.4 is 5.73 Å². The highest BCUT2D eigenvalue weighted by Gasteiger charge is 2.39. The number of carbonyl (C=O) groups is 1. The molecule has 1 unspecified atom stereocenters. The number of nitriles is 1. The van der Waals surface area contributed by atoms with E-state index in [1.54, 1.807) is 31.2 Å². The Kier molecular flexibility index (Phi) is 4.43. The highest BCUT2D eigenvalue weighted by atomic mass is 16.6. The molecule has 1 aliphatic heterocycles. The molecule has 4 rings (SSSR count). The Hall–Kier alpha value is -3.86. The van der Waals surface area contributed by atoms with E-state index in [2.05, 4.69) is 0 Å². The molecule has 0 saturated carbocycles. The van der Waals surface area contributed by atoms with Crippen molar-refractivity contribution in [2.45, 2.75) is 32.1 Å². The molecule has 8 nitrogen and oxygen atoms in total. The molecule has 2 heterocycles. The van der Waals surface area contributed by atoms with Gasteiger partial charge in [0.2, 0.25) is 5.88 Å². The van der Waals surface area contributed by atoms with Crippen molar-refractivity contribution in [3.8, 4) is 17.4 Å². The summed E-state index contributed by atoms with van der Waals surface area (Å²) in [5.74, 6) is 0.373. The van der Waals surface area contributed by atoms with Crippen molar-refractivity contribution in [1.82, 2.24) is 0 Å². The minimum Gasteiger partial charge on any atom is -0.460 e. The van der Waals surface area contributed by atoms with Crippen LogP contribution in [-0.2, 0) is 9.53 Å². The lowest BCUT2D eigenvalue weighted by atomic mass is 9.80. The van der Waals surface area contributed by atoms with Gasteiger partial charge in [0, 0.05) is 35.6 Å². The average Bonchev–Trinajstić information content (AvgIpc) is 3.17. The van der Waals surface area contributed by atoms with E-state index in [0.717, 1.165) is 0 Å². The van der Waals surface area contributed by atoms with Gasteiger partial charge >= 0.3 is 0 Å². The minimum absolute atomic E-state index is 0.0131. The number of allylic oxidation sites excluding steroid dienone is 3. The maximum Gasteiger partial charge on any atom is 0.273 e. The fourth-order valence-electron chi connectivity index (χ4n) is 3.76. The van der Waals surface area contributed by atoms with Crippen LogP contribution in [0.25, 0.3) is 11.3 Å². The number of hydrogen-bond donors (Lipinski definition) is 1. The van der Waals surface area contributed by atoms with E-state index in [1.807, 2.05) is 6.07 Å². The number of nitro groups is 1. The maximum absolute atomic E-state index is 12.6. The third-order valence-electron chi connectivity index (χ3n) is 5.21. The molecule has 29 heavy (non-hydrogen) atoms. The zero-order chi connectivity index (χ0) is 20.7. The average molecular weight is 391 g/mol. The molecule has 1 atom stereocenters. The van der Waals surface area contributed by atoms with Gasteiger partial charge in [0.25, 0.3) is 5.69 Å². The van der Waals surface area contributed by atoms with Crippen molar-refractivity contribution in [3.05, 3.63) is 74.6 Å². The fraction of sp³-hybridized carbons (Fsp3) is 0.238. The van der Waals surface area contributed by atoms with Gasteiger partial charge in [-0.2, -0.15) is 5.26 Å². The Labute approximate surface area is 166 Å². The van der Waals surface area contributed by atoms with Gasteiger partial charge in [-0.1, -0.05) is 12.1 Å². The highest BCUT2D eigenvalue weighted by molar-refractivity contribution is 5.99. The van der Waals surface area contributed by atoms with Crippen molar-refractivity contribution in [2.75, 3.05) is 0 Å². The summed E-state index contributed by atoms with van der Waals surface area (Å²) < 4.78 is 11.5. The summed E-state index contributed by atoms with van der Waals surface area (Å²) in [5, 5.41) is 20.8. The van der Waals surface area contributed by atoms with Crippen molar-refractivity contribution >= 4 is 11.5 Å². The Morgan fingerprint density at radius 3 is 2.79 bits per heavy atom. The monoisotopic (exact) mass is 391 g/mol. The lowest BCUT2D eigenvalue weighted by Crippen LogP contribution is -2.27. The van der Waals surface area contributed by atoms with Gasteiger partial charge in [-0.05, 0) is 25.5 Å². The van der Waals surface area contributed by atoms with Crippen LogP contribution in [0.4, 0.5) is 5.69 Å². The highest BCUT2D eigenvalue weighted by Crippen LogP contribution is 2.44. The van der Waals surface area contributed by atoms with Gasteiger partial charge < -0.3 is 14.9 Å². The molecule has 0 bridgehead atoms. The normalized spacial score (nSPS) is 18.9. The Morgan fingerprint density at radius 1 is 1.28 bits per heavy atom. The number of benzene rings is 1. The molecule has 0 spiro atoms. The lowest BCUT2D eigenvalue weighted by molar-refractivity contribution is -0.385. The number of ether oxygens (including phenoxy) is 1. The molecule has 1 aromatic heterocycles. The van der Waals surface area contributed by atoms with E-state index in [9.17, 15) is 20.2 Å². The summed E-state index contributed by atoms with van der Waals surface area (Å²) in [7, 11) is 0. The van der Waals surface area contributed by atoms with Crippen LogP contribution >= 0.6 is 0 Å². The summed E-state index contributed by atoms with van der Waals surface area (Å²) in [5.41, 5.74) is 7.51. The largest absolute Gasteiger partial charge is 0.460 e. The molecular weight excluding hydrogens is 374 g/mol. The first kappa shape index (κ1) is 18.5. The van der Waals surface area contributed by atoms with Crippen LogP contribution in [0.1, 0.15) is 36.5 Å². The minimum atomic E-state index is -0.745. The molecule has 2 aliphatic rings. The molecule has 1 aliphatic carbocycles. The Morgan fingerprint density at radius 2 is 2.07 bits per heavy atom. The number of carbonyl (C=O) groups excluding carboxylic acids is 1. The van der Waals surface area contributed by atoms with Gasteiger partial charge in [0.15, 0.2) is 5.78 Å². The number of furan rings is 1. The second-order valence-corrected chi connectivity index (χ2v) is 7.00. The third kappa shape index (κ3) is 3.06. The van der Waals surface area contributed by atoms with Crippen LogP contribution in [0.3, 0.4) is 0 Å². The first-order valence-corrected chi connectivity index (χ1v) is 9.09. The topological polar surface area (TPSA) is 132 Å². The predicted octanol–water partition coefficient (Wildman–Crippen LogP) is 3.98. The zero-order valence-electron chi connectivity index (χ0n) is 15.6. The molecular formula is C21H17N3O5. The fourth-order valence-corrected chi connectivity index (χ4v) is 3.76. The number of ketones is 1. The van der Waals surface area contributed by atoms with E-state index in [1.165, 1.54) is 6.07 Å². The zero-order valence-corrected chi connectivity index (χ0v) is 15.6. The molecule has 0 radical (unpaired) electrons. The Bertz CT molecular complexity index is 1150. The second-order valence-electron chi connectivity index (χ2n) is 7.00. The third-order valence-corrected chi connectivity index (χ3v) is 5.21. The summed E-state index contributed by atoms with van der Waals surface area (Å²) in [6.45, 7) is 1.66. The second kappa shape index (κ2) is 6.95. The standard InChI is InChI=1S/C21H17N3O5/c1-11-5-6-12(9-14(11)24(26)27)16-7-8-18(28-16)19-13(10-22)21(23)29-17-4-2-3-15(25)20(17)19/h5-9,19H,2-4,23H2,1H3. The van der Waals surface area contributed by atoms with Gasteiger partial charge in [-0.25, -0.2) is 0 Å². The van der Waals surface area contributed by atoms with Gasteiger partial charge in [-0.3, -0.25) is 14.9 Å². The van der Waals surface area contributed by atoms with Crippen molar-refractivity contribution in [2.24, 2.45) is 5.73 Å². The van der Waals surface area contributed by atoms with Gasteiger partial charge in [0.05, 0.1) is 10.8 Å². The number of hydrogen-bond acceptors (Lipinski definition) is 7. The van der Waals surface area contributed by atoms with Gasteiger partial charge in [-0.15, -0.1) is 0 Å². The number of nitrogens with zero attached hydrogens (tertiary/aromatic N) is 2. The summed E-state index contributed by atoms with van der Waals surface area (Å²) in [6, 6.07) is 10.2. The Balaban J connectivity index is 1.80. The first-order valence-electron chi connectivity index (χ1n) is 9.09. The molecule has 0 fully saturated rings. The smallest absolute Gasteiger partial charge is 0.273 e. The quantitative estimate of drug-likeness (QED) is 0.618. The van der Waals surface area contributed by atoms with E-state index in [4.69, 9.17) is 14.9 Å². The van der Waals surface area contributed by atoms with Crippen molar-refractivity contribution in [1.29, 1.82) is 5.26 Å². The number of aryl methyl sites for hydroxylation is 1. The molecule has 8 heteroatoms. The number of rotatable bonds is 3. The van der Waals surface area contributed by atoms with Gasteiger partial charge in [0.1, 0.15) is 28.9 Å². The molecule has 2 aromatic rings. The van der Waals surface area contributed by atoms with E-state index < -0.39 is 10.8 Å². The van der Waals surface area contributed by atoms with Crippen LogP contribution in [-0.4, -0.2) is 10.7 Å². The molecule has 2 N–H and O–H groups in total. The number of nitrogens with two attached hydrogens (primary N) is 1. The number of nitro benzene ring substituents is 1. The SMILES string of the molecule is Cc1ccc(-c2ccc(C3C(C#N)=C(N)OC4=C3C(=O)CCC4)o2)cc1[N+](=O)[O-]. The van der Waals surface area contributed by atoms with E-state index >= 15 is 0 Å². The predicted molar refractivity (Wildman–Crippen MR) is 102 cm³/mol. The molecule has 0 saturated heterocycles. The molecule has 1 aromatic carbocycles. The van der Waals surface area contributed by atoms with Crippen LogP contribution in [0.5, 0.6) is 0 Å². The van der Waals surface area contributed by atoms with Crippen LogP contribution in [0, 0.1) is 28.4 Å². The summed E-state index contributed by atoms with van der Waals surface area (Å²) in [4.78, 5) is 23.4.